The first-order valence-corrected chi connectivity index (χ1v) is 9.17. The van der Waals surface area contributed by atoms with Crippen molar-refractivity contribution in [2.75, 3.05) is 27.4 Å². The van der Waals surface area contributed by atoms with E-state index in [1.54, 1.807) is 30.3 Å². The van der Waals surface area contributed by atoms with Gasteiger partial charge in [-0.3, -0.25) is 4.79 Å². The summed E-state index contributed by atoms with van der Waals surface area (Å²) in [6.07, 6.45) is 4.63. The van der Waals surface area contributed by atoms with Crippen molar-refractivity contribution in [2.24, 2.45) is 0 Å². The summed E-state index contributed by atoms with van der Waals surface area (Å²) in [7, 11) is 3.03. The molecule has 0 heterocycles. The molecule has 0 saturated carbocycles. The maximum atomic E-state index is 12.8. The van der Waals surface area contributed by atoms with Crippen molar-refractivity contribution < 1.29 is 23.4 Å². The Morgan fingerprint density at radius 2 is 1.89 bits per heavy atom. The van der Waals surface area contributed by atoms with E-state index in [9.17, 15) is 9.18 Å². The largest absolute Gasteiger partial charge is 0.494 e. The molecule has 2 rings (SSSR count). The Hall–Kier alpha value is -2.73. The van der Waals surface area contributed by atoms with Crippen LogP contribution < -0.4 is 19.5 Å². The van der Waals surface area contributed by atoms with E-state index in [-0.39, 0.29) is 11.7 Å². The topological polar surface area (TPSA) is 56.8 Å². The summed E-state index contributed by atoms with van der Waals surface area (Å²) in [5.41, 5.74) is 0.727. The molecule has 0 radical (unpaired) electrons. The zero-order valence-electron chi connectivity index (χ0n) is 15.8. The zero-order valence-corrected chi connectivity index (χ0v) is 16.6. The van der Waals surface area contributed by atoms with Crippen LogP contribution in [0, 0.1) is 5.82 Å². The van der Waals surface area contributed by atoms with Gasteiger partial charge in [-0.25, -0.2) is 4.39 Å². The van der Waals surface area contributed by atoms with Crippen molar-refractivity contribution in [3.05, 3.63) is 58.9 Å². The summed E-state index contributed by atoms with van der Waals surface area (Å²) in [4.78, 5) is 11.9. The molecule has 0 saturated heterocycles. The van der Waals surface area contributed by atoms with Crippen LogP contribution in [0.3, 0.4) is 0 Å². The average molecular weight is 408 g/mol. The molecule has 0 unspecified atom stereocenters. The van der Waals surface area contributed by atoms with Gasteiger partial charge in [-0.15, -0.1) is 0 Å². The average Bonchev–Trinajstić information content (AvgIpc) is 2.69. The molecule has 28 heavy (non-hydrogen) atoms. The minimum absolute atomic E-state index is 0.203. The Morgan fingerprint density at radius 1 is 1.14 bits per heavy atom. The van der Waals surface area contributed by atoms with Gasteiger partial charge in [0.1, 0.15) is 11.6 Å². The fourth-order valence-corrected chi connectivity index (χ4v) is 2.72. The van der Waals surface area contributed by atoms with Gasteiger partial charge in [0.15, 0.2) is 11.5 Å². The van der Waals surface area contributed by atoms with Crippen molar-refractivity contribution in [2.45, 2.75) is 12.8 Å². The lowest BCUT2D eigenvalue weighted by Crippen LogP contribution is -2.22. The fraction of sp³-hybridized carbons (Fsp3) is 0.286. The third-order valence-electron chi connectivity index (χ3n) is 3.84. The Bertz CT molecular complexity index is 809. The van der Waals surface area contributed by atoms with E-state index in [0.29, 0.717) is 35.4 Å². The number of halogens is 2. The molecule has 0 spiro atoms. The number of nitrogens with one attached hydrogen (secondary N) is 1. The number of hydrogen-bond acceptors (Lipinski definition) is 4. The number of ether oxygens (including phenoxy) is 3. The van der Waals surface area contributed by atoms with E-state index >= 15 is 0 Å². The van der Waals surface area contributed by atoms with Gasteiger partial charge in [-0.2, -0.15) is 0 Å². The Kier molecular flexibility index (Phi) is 8.62. The second-order valence-electron chi connectivity index (χ2n) is 5.87. The zero-order chi connectivity index (χ0) is 20.4. The molecular formula is C21H23ClFNO4. The molecule has 2 aromatic rings. The lowest BCUT2D eigenvalue weighted by Gasteiger charge is -2.10. The Morgan fingerprint density at radius 3 is 2.57 bits per heavy atom. The second-order valence-corrected chi connectivity index (χ2v) is 6.28. The van der Waals surface area contributed by atoms with Crippen molar-refractivity contribution in [1.29, 1.82) is 0 Å². The minimum Gasteiger partial charge on any atom is -0.494 e. The molecule has 0 atom stereocenters. The van der Waals surface area contributed by atoms with E-state index < -0.39 is 0 Å². The van der Waals surface area contributed by atoms with Crippen molar-refractivity contribution in [1.82, 2.24) is 5.32 Å². The summed E-state index contributed by atoms with van der Waals surface area (Å²) in [5, 5.41) is 3.21. The third-order valence-corrected chi connectivity index (χ3v) is 4.12. The maximum absolute atomic E-state index is 12.8. The summed E-state index contributed by atoms with van der Waals surface area (Å²) in [6, 6.07) is 9.31. The molecule has 0 aromatic heterocycles. The normalized spacial score (nSPS) is 10.7. The molecule has 1 N–H and O–H groups in total. The van der Waals surface area contributed by atoms with Crippen molar-refractivity contribution in [3.8, 4) is 17.2 Å². The highest BCUT2D eigenvalue weighted by atomic mass is 35.5. The van der Waals surface area contributed by atoms with Crippen molar-refractivity contribution in [3.63, 3.8) is 0 Å². The van der Waals surface area contributed by atoms with Crippen LogP contribution in [0.2, 0.25) is 5.02 Å². The third kappa shape index (κ3) is 6.78. The standard InChI is InChI=1S/C21H23ClFNO4/c1-26-19-14-15(13-18(22)21(19)27-2)5-10-20(25)24-11-3-4-12-28-17-8-6-16(23)7-9-17/h5-10,13-14H,3-4,11-12H2,1-2H3,(H,24,25)/b10-5+. The van der Waals surface area contributed by atoms with Gasteiger partial charge in [-0.05, 0) is 60.9 Å². The molecule has 0 aliphatic rings. The quantitative estimate of drug-likeness (QED) is 0.466. The lowest BCUT2D eigenvalue weighted by molar-refractivity contribution is -0.116. The van der Waals surface area contributed by atoms with Crippen LogP contribution in [-0.4, -0.2) is 33.3 Å². The minimum atomic E-state index is -0.293. The predicted molar refractivity (Wildman–Crippen MR) is 108 cm³/mol. The fourth-order valence-electron chi connectivity index (χ4n) is 2.42. The van der Waals surface area contributed by atoms with E-state index in [4.69, 9.17) is 25.8 Å². The first-order valence-electron chi connectivity index (χ1n) is 8.79. The summed E-state index contributed by atoms with van der Waals surface area (Å²) < 4.78 is 28.7. The first-order chi connectivity index (χ1) is 13.5. The predicted octanol–water partition coefficient (Wildman–Crippen LogP) is 4.48. The van der Waals surface area contributed by atoms with Gasteiger partial charge >= 0.3 is 0 Å². The monoisotopic (exact) mass is 407 g/mol. The maximum Gasteiger partial charge on any atom is 0.243 e. The molecule has 150 valence electrons. The van der Waals surface area contributed by atoms with E-state index in [1.165, 1.54) is 32.4 Å². The molecular weight excluding hydrogens is 385 g/mol. The van der Waals surface area contributed by atoms with Crippen LogP contribution in [0.1, 0.15) is 18.4 Å². The molecule has 7 heteroatoms. The summed E-state index contributed by atoms with van der Waals surface area (Å²) in [6.45, 7) is 1.03. The number of unbranched alkanes of at least 4 members (excludes halogenated alkanes) is 1. The van der Waals surface area contributed by atoms with Gasteiger partial charge in [-0.1, -0.05) is 11.6 Å². The van der Waals surface area contributed by atoms with Gasteiger partial charge in [0.05, 0.1) is 25.8 Å². The smallest absolute Gasteiger partial charge is 0.243 e. The number of methoxy groups -OCH3 is 2. The summed E-state index contributed by atoms with van der Waals surface area (Å²) in [5.74, 6) is 1.08. The molecule has 0 fully saturated rings. The molecule has 0 bridgehead atoms. The SMILES string of the molecule is COc1cc(/C=C/C(=O)NCCCCOc2ccc(F)cc2)cc(Cl)c1OC. The van der Waals surface area contributed by atoms with Crippen LogP contribution in [-0.2, 0) is 4.79 Å². The highest BCUT2D eigenvalue weighted by molar-refractivity contribution is 6.32. The number of rotatable bonds is 10. The van der Waals surface area contributed by atoms with Gasteiger partial charge in [0.25, 0.3) is 0 Å². The Labute approximate surface area is 169 Å². The number of hydrogen-bond donors (Lipinski definition) is 1. The summed E-state index contributed by atoms with van der Waals surface area (Å²) >= 11 is 6.14. The molecule has 1 amide bonds. The second kappa shape index (κ2) is 11.2. The van der Waals surface area contributed by atoms with Gasteiger partial charge in [0, 0.05) is 12.6 Å². The lowest BCUT2D eigenvalue weighted by atomic mass is 10.2. The van der Waals surface area contributed by atoms with E-state index in [1.807, 2.05) is 0 Å². The van der Waals surface area contributed by atoms with Crippen LogP contribution in [0.25, 0.3) is 6.08 Å². The van der Waals surface area contributed by atoms with Crippen LogP contribution in [0.4, 0.5) is 4.39 Å². The molecule has 0 aliphatic heterocycles. The highest BCUT2D eigenvalue weighted by Crippen LogP contribution is 2.36. The van der Waals surface area contributed by atoms with Gasteiger partial charge < -0.3 is 19.5 Å². The van der Waals surface area contributed by atoms with E-state index in [2.05, 4.69) is 5.32 Å². The Balaban J connectivity index is 1.70. The molecule has 5 nitrogen and oxygen atoms in total. The number of carbonyl (C=O) groups excluding carboxylic acids is 1. The number of carbonyl (C=O) groups is 1. The van der Waals surface area contributed by atoms with Gasteiger partial charge in [0.2, 0.25) is 5.91 Å². The molecule has 0 aliphatic carbocycles. The van der Waals surface area contributed by atoms with Crippen LogP contribution >= 0.6 is 11.6 Å². The van der Waals surface area contributed by atoms with Crippen LogP contribution in [0.5, 0.6) is 17.2 Å². The number of amides is 1. The van der Waals surface area contributed by atoms with E-state index in [0.717, 1.165) is 18.4 Å². The number of benzene rings is 2. The highest BCUT2D eigenvalue weighted by Gasteiger charge is 2.09. The van der Waals surface area contributed by atoms with Crippen molar-refractivity contribution >= 4 is 23.6 Å². The van der Waals surface area contributed by atoms with Crippen LogP contribution in [0.15, 0.2) is 42.5 Å². The molecule has 2 aromatic carbocycles. The first kappa shape index (κ1) is 21.6.